The summed E-state index contributed by atoms with van der Waals surface area (Å²) in [4.78, 5) is 17.5. The van der Waals surface area contributed by atoms with Crippen molar-refractivity contribution in [1.82, 2.24) is 13.9 Å². The van der Waals surface area contributed by atoms with Gasteiger partial charge < -0.3 is 0 Å². The highest BCUT2D eigenvalue weighted by molar-refractivity contribution is 7.89. The monoisotopic (exact) mass is 453 g/mol. The lowest BCUT2D eigenvalue weighted by atomic mass is 10.2. The second kappa shape index (κ2) is 8.44. The molecule has 0 saturated heterocycles. The molecule has 0 N–H and O–H groups in total. The average Bonchev–Trinajstić information content (AvgIpc) is 2.69. The topological polar surface area (TPSA) is 72.3 Å². The predicted octanol–water partition coefficient (Wildman–Crippen LogP) is 4.40. The molecule has 0 aliphatic heterocycles. The summed E-state index contributed by atoms with van der Waals surface area (Å²) in [7, 11) is -2.23. The Kier molecular flexibility index (Phi) is 6.33. The van der Waals surface area contributed by atoms with E-state index in [9.17, 15) is 13.2 Å². The number of sulfonamides is 1. The minimum Gasteiger partial charge on any atom is -0.298 e. The molecule has 0 saturated carbocycles. The van der Waals surface area contributed by atoms with Gasteiger partial charge in [-0.15, -0.1) is 0 Å². The molecule has 154 valence electrons. The summed E-state index contributed by atoms with van der Waals surface area (Å²) >= 11 is 11.9. The van der Waals surface area contributed by atoms with Gasteiger partial charge in [0.2, 0.25) is 10.0 Å². The third-order valence-corrected chi connectivity index (χ3v) is 7.21. The first-order valence-electron chi connectivity index (χ1n) is 9.10. The molecule has 0 aliphatic carbocycles. The van der Waals surface area contributed by atoms with Crippen molar-refractivity contribution in [3.05, 3.63) is 68.7 Å². The molecule has 9 heteroatoms. The van der Waals surface area contributed by atoms with Gasteiger partial charge in [-0.3, -0.25) is 9.36 Å². The molecule has 3 rings (SSSR count). The summed E-state index contributed by atoms with van der Waals surface area (Å²) in [5, 5.41) is 1.28. The third kappa shape index (κ3) is 4.19. The maximum absolute atomic E-state index is 13.3. The lowest BCUT2D eigenvalue weighted by Crippen LogP contribution is -2.37. The number of halogens is 2. The number of fused-ring (bicyclic) bond motifs is 1. The van der Waals surface area contributed by atoms with Gasteiger partial charge in [-0.1, -0.05) is 30.1 Å². The fraction of sp³-hybridized carbons (Fsp3) is 0.300. The Morgan fingerprint density at radius 3 is 2.34 bits per heavy atom. The van der Waals surface area contributed by atoms with Gasteiger partial charge in [-0.25, -0.2) is 13.4 Å². The first-order chi connectivity index (χ1) is 13.7. The van der Waals surface area contributed by atoms with Crippen LogP contribution in [-0.4, -0.2) is 28.8 Å². The largest absolute Gasteiger partial charge is 0.298 e. The van der Waals surface area contributed by atoms with Crippen LogP contribution in [0.1, 0.15) is 32.1 Å². The van der Waals surface area contributed by atoms with Crippen LogP contribution in [0.3, 0.4) is 0 Å². The zero-order valence-corrected chi connectivity index (χ0v) is 18.6. The summed E-state index contributed by atoms with van der Waals surface area (Å²) in [6, 6.07) is 10.2. The number of nitrogens with zero attached hydrogens (tertiary/aromatic N) is 3. The van der Waals surface area contributed by atoms with E-state index < -0.39 is 16.1 Å². The first kappa shape index (κ1) is 21.8. The predicted molar refractivity (Wildman–Crippen MR) is 116 cm³/mol. The highest BCUT2D eigenvalue weighted by atomic mass is 35.5. The molecule has 3 aromatic rings. The minimum absolute atomic E-state index is 0.139. The van der Waals surface area contributed by atoms with Crippen LogP contribution in [-0.2, 0) is 17.1 Å². The molecule has 1 atom stereocenters. The normalized spacial score (nSPS) is 13.2. The fourth-order valence-electron chi connectivity index (χ4n) is 3.25. The smallest absolute Gasteiger partial charge is 0.261 e. The summed E-state index contributed by atoms with van der Waals surface area (Å²) in [6.45, 7) is 3.90. The molecule has 1 heterocycles. The van der Waals surface area contributed by atoms with Gasteiger partial charge in [0.05, 0.1) is 21.8 Å². The van der Waals surface area contributed by atoms with Gasteiger partial charge in [-0.05, 0) is 55.8 Å². The lowest BCUT2D eigenvalue weighted by molar-refractivity contribution is 0.324. The summed E-state index contributed by atoms with van der Waals surface area (Å²) in [5.74, 6) is 0.357. The molecule has 0 radical (unpaired) electrons. The molecule has 6 nitrogen and oxygen atoms in total. The van der Waals surface area contributed by atoms with E-state index >= 15 is 0 Å². The maximum atomic E-state index is 13.3. The number of aromatic nitrogens is 2. The molecule has 1 aromatic heterocycles. The molecule has 29 heavy (non-hydrogen) atoms. The van der Waals surface area contributed by atoms with E-state index in [0.717, 1.165) is 0 Å². The lowest BCUT2D eigenvalue weighted by Gasteiger charge is -2.28. The summed E-state index contributed by atoms with van der Waals surface area (Å²) < 4.78 is 29.3. The van der Waals surface area contributed by atoms with E-state index in [2.05, 4.69) is 4.98 Å². The van der Waals surface area contributed by atoms with Gasteiger partial charge in [0.25, 0.3) is 5.56 Å². The Hall–Kier alpha value is -1.93. The Balaban J connectivity index is 2.14. The molecule has 0 fully saturated rings. The van der Waals surface area contributed by atoms with Crippen molar-refractivity contribution in [3.63, 3.8) is 0 Å². The highest BCUT2D eigenvalue weighted by Crippen LogP contribution is 2.28. The standard InChI is InChI=1S/C20H21Cl2N3O3S/c1-4-11-25(29(27,28)16-8-5-14(21)6-9-16)13(2)19-23-18-10-7-15(22)12-17(18)20(26)24(19)3/h5-10,12-13H,4,11H2,1-3H3. The van der Waals surface area contributed by atoms with Crippen LogP contribution >= 0.6 is 23.2 Å². The van der Waals surface area contributed by atoms with Crippen molar-refractivity contribution in [2.24, 2.45) is 7.05 Å². The number of hydrogen-bond donors (Lipinski definition) is 0. The molecule has 0 spiro atoms. The van der Waals surface area contributed by atoms with E-state index in [4.69, 9.17) is 23.2 Å². The molecule has 0 aliphatic rings. The van der Waals surface area contributed by atoms with Crippen LogP contribution in [0.4, 0.5) is 0 Å². The zero-order chi connectivity index (χ0) is 21.3. The molecular weight excluding hydrogens is 433 g/mol. The van der Waals surface area contributed by atoms with Crippen molar-refractivity contribution in [3.8, 4) is 0 Å². The molecule has 0 bridgehead atoms. The minimum atomic E-state index is -3.82. The van der Waals surface area contributed by atoms with Crippen molar-refractivity contribution in [2.45, 2.75) is 31.2 Å². The van der Waals surface area contributed by atoms with E-state index in [1.165, 1.54) is 33.1 Å². The van der Waals surface area contributed by atoms with Crippen molar-refractivity contribution < 1.29 is 8.42 Å². The van der Waals surface area contributed by atoms with Crippen LogP contribution in [0.15, 0.2) is 52.2 Å². The average molecular weight is 454 g/mol. The van der Waals surface area contributed by atoms with Gasteiger partial charge in [-0.2, -0.15) is 4.31 Å². The Bertz CT molecular complexity index is 1210. The van der Waals surface area contributed by atoms with Crippen molar-refractivity contribution >= 4 is 44.1 Å². The highest BCUT2D eigenvalue weighted by Gasteiger charge is 2.31. The van der Waals surface area contributed by atoms with E-state index in [1.54, 1.807) is 32.2 Å². The number of benzene rings is 2. The Morgan fingerprint density at radius 1 is 1.10 bits per heavy atom. The Morgan fingerprint density at radius 2 is 1.72 bits per heavy atom. The number of hydrogen-bond acceptors (Lipinski definition) is 4. The second-order valence-electron chi connectivity index (χ2n) is 6.74. The van der Waals surface area contributed by atoms with Crippen LogP contribution in [0.2, 0.25) is 10.0 Å². The summed E-state index contributed by atoms with van der Waals surface area (Å²) in [6.07, 6.45) is 0.605. The quantitative estimate of drug-likeness (QED) is 0.554. The second-order valence-corrected chi connectivity index (χ2v) is 9.50. The summed E-state index contributed by atoms with van der Waals surface area (Å²) in [5.41, 5.74) is 0.194. The molecule has 1 unspecified atom stereocenters. The molecule has 0 amide bonds. The van der Waals surface area contributed by atoms with Crippen molar-refractivity contribution in [1.29, 1.82) is 0 Å². The van der Waals surface area contributed by atoms with Crippen LogP contribution in [0.25, 0.3) is 10.9 Å². The van der Waals surface area contributed by atoms with Gasteiger partial charge in [0.1, 0.15) is 5.82 Å². The van der Waals surface area contributed by atoms with Gasteiger partial charge in [0.15, 0.2) is 0 Å². The zero-order valence-electron chi connectivity index (χ0n) is 16.3. The Labute approximate surface area is 179 Å². The molecular formula is C20H21Cl2N3O3S. The van der Waals surface area contributed by atoms with Gasteiger partial charge in [0, 0.05) is 23.6 Å². The maximum Gasteiger partial charge on any atom is 0.261 e. The first-order valence-corrected chi connectivity index (χ1v) is 11.3. The number of rotatable bonds is 6. The van der Waals surface area contributed by atoms with E-state index in [-0.39, 0.29) is 17.0 Å². The van der Waals surface area contributed by atoms with Crippen LogP contribution < -0.4 is 5.56 Å². The molecule has 2 aromatic carbocycles. The van der Waals surface area contributed by atoms with Crippen LogP contribution in [0, 0.1) is 0 Å². The van der Waals surface area contributed by atoms with Crippen molar-refractivity contribution in [2.75, 3.05) is 6.54 Å². The van der Waals surface area contributed by atoms with Crippen LogP contribution in [0.5, 0.6) is 0 Å². The van der Waals surface area contributed by atoms with E-state index in [0.29, 0.717) is 33.2 Å². The SMILES string of the molecule is CCCN(C(C)c1nc2ccc(Cl)cc2c(=O)n1C)S(=O)(=O)c1ccc(Cl)cc1. The fourth-order valence-corrected chi connectivity index (χ4v) is 5.23. The van der Waals surface area contributed by atoms with E-state index in [1.807, 2.05) is 6.92 Å². The third-order valence-electron chi connectivity index (χ3n) is 4.74. The van der Waals surface area contributed by atoms with Gasteiger partial charge >= 0.3 is 0 Å².